The number of hydrogen-bond acceptors (Lipinski definition) is 3. The average molecular weight is 545 g/mol. The molecular weight excluding hydrogens is 514 g/mol. The molecular formula is C20H31F3IN3OS. The van der Waals surface area contributed by atoms with Gasteiger partial charge in [0.05, 0.1) is 5.56 Å². The van der Waals surface area contributed by atoms with E-state index in [1.54, 1.807) is 13.1 Å². The predicted octanol–water partition coefficient (Wildman–Crippen LogP) is 4.89. The molecule has 1 atom stereocenters. The number of guanidine groups is 1. The van der Waals surface area contributed by atoms with Gasteiger partial charge in [-0.1, -0.05) is 25.1 Å². The van der Waals surface area contributed by atoms with E-state index in [4.69, 9.17) is 4.74 Å². The van der Waals surface area contributed by atoms with Crippen molar-refractivity contribution in [3.05, 3.63) is 35.4 Å². The number of aliphatic imine (C=N–C) groups is 1. The maximum atomic E-state index is 12.9. The third-order valence-corrected chi connectivity index (χ3v) is 6.71. The molecule has 2 rings (SSSR count). The minimum atomic E-state index is -4.31. The largest absolute Gasteiger partial charge is 0.416 e. The van der Waals surface area contributed by atoms with E-state index in [2.05, 4.69) is 21.9 Å². The summed E-state index contributed by atoms with van der Waals surface area (Å²) >= 11 is 1.86. The maximum Gasteiger partial charge on any atom is 0.416 e. The number of alkyl halides is 3. The van der Waals surface area contributed by atoms with Crippen molar-refractivity contribution < 1.29 is 17.9 Å². The van der Waals surface area contributed by atoms with Crippen LogP contribution in [0.25, 0.3) is 0 Å². The van der Waals surface area contributed by atoms with Crippen LogP contribution < -0.4 is 10.6 Å². The molecule has 166 valence electrons. The van der Waals surface area contributed by atoms with Crippen molar-refractivity contribution in [2.45, 2.75) is 43.0 Å². The molecule has 0 aliphatic carbocycles. The second-order valence-corrected chi connectivity index (χ2v) is 8.44. The molecule has 0 radical (unpaired) electrons. The lowest BCUT2D eigenvalue weighted by molar-refractivity contribution is -0.137. The van der Waals surface area contributed by atoms with Gasteiger partial charge in [0.15, 0.2) is 5.96 Å². The van der Waals surface area contributed by atoms with Crippen LogP contribution in [-0.2, 0) is 10.9 Å². The van der Waals surface area contributed by atoms with Crippen LogP contribution in [0.15, 0.2) is 29.3 Å². The van der Waals surface area contributed by atoms with Crippen LogP contribution in [0, 0.1) is 0 Å². The summed E-state index contributed by atoms with van der Waals surface area (Å²) < 4.78 is 44.3. The number of nitrogens with one attached hydrogen (secondary N) is 2. The summed E-state index contributed by atoms with van der Waals surface area (Å²) in [5.74, 6) is 0.733. The summed E-state index contributed by atoms with van der Waals surface area (Å²) in [6.45, 7) is 4.94. The molecule has 0 amide bonds. The fourth-order valence-corrected chi connectivity index (χ4v) is 4.05. The number of rotatable bonds is 7. The molecule has 0 spiro atoms. The number of ether oxygens (including phenoxy) is 1. The number of hydrogen-bond donors (Lipinski definition) is 2. The van der Waals surface area contributed by atoms with E-state index in [0.717, 1.165) is 44.6 Å². The molecule has 29 heavy (non-hydrogen) atoms. The minimum absolute atomic E-state index is 0. The van der Waals surface area contributed by atoms with Crippen LogP contribution in [0.2, 0.25) is 0 Å². The third kappa shape index (κ3) is 8.16. The van der Waals surface area contributed by atoms with Crippen LogP contribution in [0.3, 0.4) is 0 Å². The highest BCUT2D eigenvalue weighted by atomic mass is 127. The molecule has 9 heteroatoms. The topological polar surface area (TPSA) is 45.7 Å². The lowest BCUT2D eigenvalue weighted by Crippen LogP contribution is -2.48. The van der Waals surface area contributed by atoms with Gasteiger partial charge in [0.1, 0.15) is 0 Å². The van der Waals surface area contributed by atoms with Gasteiger partial charge in [-0.3, -0.25) is 4.99 Å². The van der Waals surface area contributed by atoms with Gasteiger partial charge in [0.2, 0.25) is 0 Å². The van der Waals surface area contributed by atoms with Gasteiger partial charge in [-0.25, -0.2) is 0 Å². The highest BCUT2D eigenvalue weighted by Crippen LogP contribution is 2.33. The Hall–Kier alpha value is -0.680. The Labute approximate surface area is 192 Å². The number of benzene rings is 1. The fraction of sp³-hybridized carbons (Fsp3) is 0.650. The second-order valence-electron chi connectivity index (χ2n) is 7.16. The monoisotopic (exact) mass is 545 g/mol. The zero-order chi connectivity index (χ0) is 20.6. The maximum absolute atomic E-state index is 12.9. The van der Waals surface area contributed by atoms with E-state index >= 15 is 0 Å². The summed E-state index contributed by atoms with van der Waals surface area (Å²) in [6.07, 6.45) is 0.538. The van der Waals surface area contributed by atoms with Gasteiger partial charge in [0, 0.05) is 38.1 Å². The first kappa shape index (κ1) is 26.4. The Morgan fingerprint density at radius 2 is 1.97 bits per heavy atom. The predicted molar refractivity (Wildman–Crippen MR) is 126 cm³/mol. The molecule has 1 unspecified atom stereocenters. The average Bonchev–Trinajstić information content (AvgIpc) is 2.70. The van der Waals surface area contributed by atoms with Crippen molar-refractivity contribution in [2.75, 3.05) is 39.6 Å². The summed E-state index contributed by atoms with van der Waals surface area (Å²) in [6, 6.07) is 5.57. The molecule has 1 aromatic rings. The Kier molecular flexibility index (Phi) is 11.1. The fourth-order valence-electron chi connectivity index (χ4n) is 3.26. The lowest BCUT2D eigenvalue weighted by Gasteiger charge is -2.36. The van der Waals surface area contributed by atoms with E-state index < -0.39 is 11.7 Å². The van der Waals surface area contributed by atoms with Gasteiger partial charge >= 0.3 is 6.18 Å². The molecule has 1 aliphatic heterocycles. The van der Waals surface area contributed by atoms with E-state index in [-0.39, 0.29) is 34.6 Å². The van der Waals surface area contributed by atoms with E-state index in [1.807, 2.05) is 18.7 Å². The van der Waals surface area contributed by atoms with Crippen LogP contribution in [0.4, 0.5) is 13.2 Å². The molecule has 1 aromatic carbocycles. The van der Waals surface area contributed by atoms with Crippen LogP contribution in [0.5, 0.6) is 0 Å². The number of thioether (sulfide) groups is 1. The van der Waals surface area contributed by atoms with E-state index in [0.29, 0.717) is 18.5 Å². The lowest BCUT2D eigenvalue weighted by atomic mass is 9.96. The van der Waals surface area contributed by atoms with Gasteiger partial charge in [-0.05, 0) is 43.1 Å². The normalized spacial score (nSPS) is 17.9. The van der Waals surface area contributed by atoms with Crippen molar-refractivity contribution in [3.63, 3.8) is 0 Å². The van der Waals surface area contributed by atoms with Gasteiger partial charge in [-0.2, -0.15) is 24.9 Å². The van der Waals surface area contributed by atoms with E-state index in [9.17, 15) is 13.2 Å². The molecule has 0 saturated carbocycles. The molecule has 2 N–H and O–H groups in total. The first-order valence-corrected chi connectivity index (χ1v) is 10.8. The summed E-state index contributed by atoms with van der Waals surface area (Å²) in [5.41, 5.74) is 0.101. The molecule has 4 nitrogen and oxygen atoms in total. The highest BCUT2D eigenvalue weighted by molar-refractivity contribution is 14.0. The first-order chi connectivity index (χ1) is 13.3. The molecule has 0 bridgehead atoms. The summed E-state index contributed by atoms with van der Waals surface area (Å²) in [4.78, 5) is 4.26. The summed E-state index contributed by atoms with van der Waals surface area (Å²) in [7, 11) is 1.72. The third-order valence-electron chi connectivity index (χ3n) is 5.29. The van der Waals surface area contributed by atoms with Crippen molar-refractivity contribution in [2.24, 2.45) is 4.99 Å². The van der Waals surface area contributed by atoms with Gasteiger partial charge in [-0.15, -0.1) is 24.0 Å². The Bertz CT molecular complexity index is 652. The first-order valence-electron chi connectivity index (χ1n) is 9.54. The van der Waals surface area contributed by atoms with Crippen molar-refractivity contribution in [3.8, 4) is 0 Å². The Morgan fingerprint density at radius 1 is 1.28 bits per heavy atom. The minimum Gasteiger partial charge on any atom is -0.381 e. The molecule has 1 aliphatic rings. The molecule has 1 saturated heterocycles. The smallest absolute Gasteiger partial charge is 0.381 e. The Morgan fingerprint density at radius 3 is 2.55 bits per heavy atom. The van der Waals surface area contributed by atoms with E-state index in [1.165, 1.54) is 12.1 Å². The van der Waals surface area contributed by atoms with Crippen LogP contribution in [0.1, 0.15) is 43.2 Å². The molecule has 1 fully saturated rings. The van der Waals surface area contributed by atoms with Crippen molar-refractivity contribution in [1.82, 2.24) is 10.6 Å². The van der Waals surface area contributed by atoms with Crippen molar-refractivity contribution in [1.29, 1.82) is 0 Å². The standard InChI is InChI=1S/C20H30F3N3OS.HI/c1-15(16-5-4-6-17(13-16)20(21,22)23)7-10-25-18(24-2)26-14-19(28-3)8-11-27-12-9-19;/h4-6,13,15H,7-12,14H2,1-3H3,(H2,24,25,26);1H. The van der Waals surface area contributed by atoms with Gasteiger partial charge in [0.25, 0.3) is 0 Å². The highest BCUT2D eigenvalue weighted by Gasteiger charge is 2.32. The summed E-state index contributed by atoms with van der Waals surface area (Å²) in [5, 5.41) is 6.66. The quantitative estimate of drug-likeness (QED) is 0.291. The van der Waals surface area contributed by atoms with Crippen LogP contribution in [-0.4, -0.2) is 50.3 Å². The van der Waals surface area contributed by atoms with Gasteiger partial charge < -0.3 is 15.4 Å². The Balaban J connectivity index is 0.00000420. The second kappa shape index (κ2) is 12.2. The number of halogens is 4. The van der Waals surface area contributed by atoms with Crippen LogP contribution >= 0.6 is 35.7 Å². The molecule has 1 heterocycles. The SMILES string of the molecule is CN=C(NCCC(C)c1cccc(C(F)(F)F)c1)NCC1(SC)CCOCC1.I. The molecule has 0 aromatic heterocycles. The van der Waals surface area contributed by atoms with Crippen molar-refractivity contribution >= 4 is 41.7 Å². The number of nitrogens with zero attached hydrogens (tertiary/aromatic N) is 1. The zero-order valence-corrected chi connectivity index (χ0v) is 20.3. The zero-order valence-electron chi connectivity index (χ0n) is 17.1.